The zero-order chi connectivity index (χ0) is 23.4. The van der Waals surface area contributed by atoms with Gasteiger partial charge in [0.25, 0.3) is 5.91 Å². The van der Waals surface area contributed by atoms with Crippen LogP contribution in [-0.2, 0) is 16.0 Å². The SMILES string of the molecule is CCc1ccc(C(=O)N2CCN([C@@H](C(=O)N3CCN(C(C)=O)CC3)C3CCCC3)CC2)cc1. The van der Waals surface area contributed by atoms with Crippen molar-refractivity contribution >= 4 is 17.7 Å². The number of nitrogens with zero attached hydrogens (tertiary/aromatic N) is 4. The number of rotatable bonds is 5. The monoisotopic (exact) mass is 454 g/mol. The zero-order valence-electron chi connectivity index (χ0n) is 20.2. The average Bonchev–Trinajstić information content (AvgIpc) is 3.38. The molecule has 2 heterocycles. The highest BCUT2D eigenvalue weighted by Gasteiger charge is 2.40. The minimum atomic E-state index is -0.0996. The first-order chi connectivity index (χ1) is 16.0. The van der Waals surface area contributed by atoms with E-state index in [1.54, 1.807) is 6.92 Å². The predicted molar refractivity (Wildman–Crippen MR) is 128 cm³/mol. The molecule has 1 saturated carbocycles. The van der Waals surface area contributed by atoms with Crippen molar-refractivity contribution in [2.24, 2.45) is 5.92 Å². The van der Waals surface area contributed by atoms with E-state index in [-0.39, 0.29) is 23.8 Å². The Balaban J connectivity index is 1.39. The molecule has 33 heavy (non-hydrogen) atoms. The van der Waals surface area contributed by atoms with Gasteiger partial charge in [-0.25, -0.2) is 0 Å². The van der Waals surface area contributed by atoms with Crippen molar-refractivity contribution in [1.29, 1.82) is 0 Å². The summed E-state index contributed by atoms with van der Waals surface area (Å²) in [6.07, 6.45) is 5.56. The van der Waals surface area contributed by atoms with E-state index < -0.39 is 0 Å². The van der Waals surface area contributed by atoms with E-state index in [1.165, 1.54) is 18.4 Å². The van der Waals surface area contributed by atoms with Crippen LogP contribution in [0.4, 0.5) is 0 Å². The Hall–Kier alpha value is -2.41. The maximum atomic E-state index is 13.7. The molecular formula is C26H38N4O3. The van der Waals surface area contributed by atoms with Gasteiger partial charge in [0.1, 0.15) is 0 Å². The van der Waals surface area contributed by atoms with Crippen LogP contribution in [0.1, 0.15) is 55.5 Å². The maximum Gasteiger partial charge on any atom is 0.253 e. The van der Waals surface area contributed by atoms with Crippen molar-refractivity contribution in [2.75, 3.05) is 52.4 Å². The van der Waals surface area contributed by atoms with Crippen molar-refractivity contribution in [3.63, 3.8) is 0 Å². The molecule has 180 valence electrons. The summed E-state index contributed by atoms with van der Waals surface area (Å²) in [7, 11) is 0. The van der Waals surface area contributed by atoms with Crippen LogP contribution >= 0.6 is 0 Å². The Labute approximate surface area is 197 Å². The van der Waals surface area contributed by atoms with E-state index >= 15 is 0 Å². The lowest BCUT2D eigenvalue weighted by molar-refractivity contribution is -0.144. The van der Waals surface area contributed by atoms with Gasteiger partial charge in [-0.15, -0.1) is 0 Å². The van der Waals surface area contributed by atoms with Crippen molar-refractivity contribution in [2.45, 2.75) is 52.0 Å². The highest BCUT2D eigenvalue weighted by molar-refractivity contribution is 5.94. The smallest absolute Gasteiger partial charge is 0.253 e. The van der Waals surface area contributed by atoms with Crippen LogP contribution < -0.4 is 0 Å². The number of hydrogen-bond acceptors (Lipinski definition) is 4. The molecule has 1 aromatic rings. The standard InChI is InChI=1S/C26H38N4O3/c1-3-21-8-10-23(11-9-21)25(32)29-18-14-28(15-19-29)24(22-6-4-5-7-22)26(33)30-16-12-27(13-17-30)20(2)31/h8-11,22,24H,3-7,12-19H2,1-2H3/t24-/m1/s1. The quantitative estimate of drug-likeness (QED) is 0.685. The molecular weight excluding hydrogens is 416 g/mol. The van der Waals surface area contributed by atoms with Gasteiger partial charge in [0, 0.05) is 64.8 Å². The summed E-state index contributed by atoms with van der Waals surface area (Å²) >= 11 is 0. The van der Waals surface area contributed by atoms with Gasteiger partial charge in [0.15, 0.2) is 0 Å². The Morgan fingerprint density at radius 2 is 1.36 bits per heavy atom. The number of benzene rings is 1. The number of piperazine rings is 2. The van der Waals surface area contributed by atoms with Crippen molar-refractivity contribution < 1.29 is 14.4 Å². The lowest BCUT2D eigenvalue weighted by Crippen LogP contribution is -2.60. The van der Waals surface area contributed by atoms with E-state index in [0.717, 1.165) is 37.9 Å². The summed E-state index contributed by atoms with van der Waals surface area (Å²) in [5.74, 6) is 0.785. The first-order valence-corrected chi connectivity index (χ1v) is 12.6. The van der Waals surface area contributed by atoms with Crippen LogP contribution in [0, 0.1) is 5.92 Å². The third kappa shape index (κ3) is 5.40. The first kappa shape index (κ1) is 23.7. The molecule has 0 unspecified atom stereocenters. The molecule has 3 fully saturated rings. The minimum Gasteiger partial charge on any atom is -0.339 e. The summed E-state index contributed by atoms with van der Waals surface area (Å²) in [4.78, 5) is 46.4. The van der Waals surface area contributed by atoms with Crippen molar-refractivity contribution in [3.05, 3.63) is 35.4 Å². The summed E-state index contributed by atoms with van der Waals surface area (Å²) in [6, 6.07) is 7.82. The number of aryl methyl sites for hydroxylation is 1. The molecule has 2 aliphatic heterocycles. The van der Waals surface area contributed by atoms with Crippen LogP contribution in [0.3, 0.4) is 0 Å². The zero-order valence-corrected chi connectivity index (χ0v) is 20.2. The maximum absolute atomic E-state index is 13.7. The Kier molecular flexibility index (Phi) is 7.68. The van der Waals surface area contributed by atoms with Crippen molar-refractivity contribution in [3.8, 4) is 0 Å². The third-order valence-electron chi connectivity index (χ3n) is 7.74. The average molecular weight is 455 g/mol. The molecule has 0 aromatic heterocycles. The second kappa shape index (κ2) is 10.7. The van der Waals surface area contributed by atoms with Crippen LogP contribution in [0.5, 0.6) is 0 Å². The number of amides is 3. The fourth-order valence-corrected chi connectivity index (χ4v) is 5.63. The number of hydrogen-bond donors (Lipinski definition) is 0. The minimum absolute atomic E-state index is 0.0829. The highest BCUT2D eigenvalue weighted by Crippen LogP contribution is 2.32. The predicted octanol–water partition coefficient (Wildman–Crippen LogP) is 2.26. The van der Waals surface area contributed by atoms with Crippen molar-refractivity contribution in [1.82, 2.24) is 19.6 Å². The van der Waals surface area contributed by atoms with Crippen LogP contribution in [0.15, 0.2) is 24.3 Å². The van der Waals surface area contributed by atoms with E-state index in [2.05, 4.69) is 11.8 Å². The molecule has 0 bridgehead atoms. The summed E-state index contributed by atoms with van der Waals surface area (Å²) in [5, 5.41) is 0. The fourth-order valence-electron chi connectivity index (χ4n) is 5.63. The molecule has 0 spiro atoms. The molecule has 1 aliphatic carbocycles. The summed E-state index contributed by atoms with van der Waals surface area (Å²) in [5.41, 5.74) is 1.98. The van der Waals surface area contributed by atoms with Crippen LogP contribution in [0.25, 0.3) is 0 Å². The molecule has 4 rings (SSSR count). The molecule has 1 atom stereocenters. The molecule has 7 nitrogen and oxygen atoms in total. The third-order valence-corrected chi connectivity index (χ3v) is 7.74. The topological polar surface area (TPSA) is 64.2 Å². The van der Waals surface area contributed by atoms with Gasteiger partial charge >= 0.3 is 0 Å². The molecule has 2 saturated heterocycles. The lowest BCUT2D eigenvalue weighted by Gasteiger charge is -2.44. The Morgan fingerprint density at radius 1 is 0.818 bits per heavy atom. The molecule has 7 heteroatoms. The summed E-state index contributed by atoms with van der Waals surface area (Å²) < 4.78 is 0. The Bertz CT molecular complexity index is 834. The van der Waals surface area contributed by atoms with E-state index in [4.69, 9.17) is 0 Å². The molecule has 3 amide bonds. The van der Waals surface area contributed by atoms with E-state index in [0.29, 0.717) is 45.2 Å². The van der Waals surface area contributed by atoms with E-state index in [9.17, 15) is 14.4 Å². The van der Waals surface area contributed by atoms with Gasteiger partial charge in [-0.3, -0.25) is 19.3 Å². The van der Waals surface area contributed by atoms with Crippen LogP contribution in [-0.4, -0.2) is 95.7 Å². The fraction of sp³-hybridized carbons (Fsp3) is 0.654. The van der Waals surface area contributed by atoms with Gasteiger partial charge in [-0.2, -0.15) is 0 Å². The Morgan fingerprint density at radius 3 is 1.91 bits per heavy atom. The van der Waals surface area contributed by atoms with Gasteiger partial charge in [-0.05, 0) is 42.9 Å². The second-order valence-electron chi connectivity index (χ2n) is 9.70. The highest BCUT2D eigenvalue weighted by atomic mass is 16.2. The molecule has 3 aliphatic rings. The first-order valence-electron chi connectivity index (χ1n) is 12.6. The van der Waals surface area contributed by atoms with Crippen LogP contribution in [0.2, 0.25) is 0 Å². The van der Waals surface area contributed by atoms with E-state index in [1.807, 2.05) is 39.0 Å². The lowest BCUT2D eigenvalue weighted by atomic mass is 9.94. The summed E-state index contributed by atoms with van der Waals surface area (Å²) in [6.45, 7) is 8.97. The second-order valence-corrected chi connectivity index (χ2v) is 9.70. The molecule has 0 radical (unpaired) electrons. The number of carbonyl (C=O) groups is 3. The van der Waals surface area contributed by atoms with Gasteiger partial charge in [0.2, 0.25) is 11.8 Å². The van der Waals surface area contributed by atoms with Gasteiger partial charge in [-0.1, -0.05) is 31.9 Å². The molecule has 1 aromatic carbocycles. The van der Waals surface area contributed by atoms with Gasteiger partial charge < -0.3 is 14.7 Å². The van der Waals surface area contributed by atoms with Gasteiger partial charge in [0.05, 0.1) is 6.04 Å². The number of carbonyl (C=O) groups excluding carboxylic acids is 3. The normalized spacial score (nSPS) is 21.3. The largest absolute Gasteiger partial charge is 0.339 e. The molecule has 0 N–H and O–H groups in total.